The lowest BCUT2D eigenvalue weighted by molar-refractivity contribution is -0.192. The summed E-state index contributed by atoms with van der Waals surface area (Å²) in [6.07, 6.45) is 0.912. The minimum Gasteiger partial charge on any atom is -0.478 e. The molecular weight excluding hydrogens is 395 g/mol. The predicted octanol–water partition coefficient (Wildman–Crippen LogP) is 2.38. The molecule has 1 aromatic heterocycles. The number of carbonyl (C=O) groups is 2. The fraction of sp³-hybridized carbons (Fsp3) is 0.611. The number of rotatable bonds is 6. The van der Waals surface area contributed by atoms with E-state index in [1.807, 2.05) is 6.20 Å². The highest BCUT2D eigenvalue weighted by atomic mass is 19.4. The molecule has 1 aromatic rings. The van der Waals surface area contributed by atoms with Gasteiger partial charge in [-0.2, -0.15) is 13.2 Å². The van der Waals surface area contributed by atoms with E-state index >= 15 is 0 Å². The molecule has 1 aliphatic carbocycles. The van der Waals surface area contributed by atoms with Crippen LogP contribution in [-0.4, -0.2) is 71.1 Å². The second-order valence-electron chi connectivity index (χ2n) is 6.88. The minimum atomic E-state index is -5.08. The molecule has 0 unspecified atom stereocenters. The number of pyridine rings is 1. The van der Waals surface area contributed by atoms with Gasteiger partial charge in [-0.1, -0.05) is 0 Å². The fourth-order valence-corrected chi connectivity index (χ4v) is 3.10. The molecule has 1 saturated carbocycles. The Morgan fingerprint density at radius 1 is 1.34 bits per heavy atom. The third-order valence-corrected chi connectivity index (χ3v) is 4.86. The summed E-state index contributed by atoms with van der Waals surface area (Å²) < 4.78 is 36.9. The SMILES string of the molecule is COCCN1CCc2c(cnc(NC3CCC3)c2C(=O)O)C1.O=C(O)C(F)(F)F. The number of aliphatic carboxylic acids is 1. The summed E-state index contributed by atoms with van der Waals surface area (Å²) >= 11 is 0. The average molecular weight is 419 g/mol. The molecule has 0 bridgehead atoms. The van der Waals surface area contributed by atoms with Crippen molar-refractivity contribution in [3.8, 4) is 0 Å². The van der Waals surface area contributed by atoms with Gasteiger partial charge < -0.3 is 20.3 Å². The first kappa shape index (κ1) is 22.9. The molecule has 8 nitrogen and oxygen atoms in total. The van der Waals surface area contributed by atoms with Gasteiger partial charge in [0, 0.05) is 39.0 Å². The Kier molecular flexibility index (Phi) is 7.80. The van der Waals surface area contributed by atoms with Crippen LogP contribution in [0.15, 0.2) is 6.20 Å². The van der Waals surface area contributed by atoms with Crippen LogP contribution < -0.4 is 5.32 Å². The zero-order valence-corrected chi connectivity index (χ0v) is 16.0. The lowest BCUT2D eigenvalue weighted by Gasteiger charge is -2.31. The van der Waals surface area contributed by atoms with Gasteiger partial charge in [-0.3, -0.25) is 4.90 Å². The molecule has 0 spiro atoms. The van der Waals surface area contributed by atoms with Crippen LogP contribution in [0.4, 0.5) is 19.0 Å². The molecule has 0 aromatic carbocycles. The van der Waals surface area contributed by atoms with Gasteiger partial charge in [-0.25, -0.2) is 14.6 Å². The summed E-state index contributed by atoms with van der Waals surface area (Å²) in [5, 5.41) is 20.0. The van der Waals surface area contributed by atoms with Crippen LogP contribution >= 0.6 is 0 Å². The predicted molar refractivity (Wildman–Crippen MR) is 97.0 cm³/mol. The highest BCUT2D eigenvalue weighted by Crippen LogP contribution is 2.29. The smallest absolute Gasteiger partial charge is 0.478 e. The van der Waals surface area contributed by atoms with Crippen molar-refractivity contribution in [1.82, 2.24) is 9.88 Å². The number of fused-ring (bicyclic) bond motifs is 1. The largest absolute Gasteiger partial charge is 0.490 e. The summed E-state index contributed by atoms with van der Waals surface area (Å²) in [5.41, 5.74) is 2.34. The zero-order valence-electron chi connectivity index (χ0n) is 16.0. The van der Waals surface area contributed by atoms with Gasteiger partial charge in [0.25, 0.3) is 0 Å². The number of methoxy groups -OCH3 is 1. The van der Waals surface area contributed by atoms with Crippen molar-refractivity contribution in [1.29, 1.82) is 0 Å². The molecule has 29 heavy (non-hydrogen) atoms. The maximum atomic E-state index is 11.7. The van der Waals surface area contributed by atoms with Gasteiger partial charge in [-0.05, 0) is 36.8 Å². The Hall–Kier alpha value is -2.40. The van der Waals surface area contributed by atoms with Crippen molar-refractivity contribution in [2.45, 2.75) is 44.4 Å². The van der Waals surface area contributed by atoms with E-state index in [0.29, 0.717) is 24.0 Å². The number of carboxylic acids is 2. The van der Waals surface area contributed by atoms with Crippen LogP contribution in [0.3, 0.4) is 0 Å². The lowest BCUT2D eigenvalue weighted by Crippen LogP contribution is -2.35. The summed E-state index contributed by atoms with van der Waals surface area (Å²) in [7, 11) is 1.69. The summed E-state index contributed by atoms with van der Waals surface area (Å²) in [6, 6.07) is 0.380. The standard InChI is InChI=1S/C16H23N3O3.C2HF3O2/c1-22-8-7-19-6-5-13-11(10-19)9-17-15(14(13)16(20)21)18-12-3-2-4-12;3-2(4,5)1(6)7/h9,12H,2-8,10H2,1H3,(H,17,18)(H,20,21);(H,6,7). The van der Waals surface area contributed by atoms with E-state index < -0.39 is 18.1 Å². The Morgan fingerprint density at radius 3 is 2.48 bits per heavy atom. The first-order valence-electron chi connectivity index (χ1n) is 9.15. The van der Waals surface area contributed by atoms with E-state index in [9.17, 15) is 23.1 Å². The second kappa shape index (κ2) is 9.88. The molecule has 2 aliphatic rings. The van der Waals surface area contributed by atoms with Crippen molar-refractivity contribution >= 4 is 17.8 Å². The number of hydrogen-bond donors (Lipinski definition) is 3. The van der Waals surface area contributed by atoms with Crippen molar-refractivity contribution in [3.05, 3.63) is 22.9 Å². The van der Waals surface area contributed by atoms with Gasteiger partial charge in [0.1, 0.15) is 11.4 Å². The number of nitrogens with one attached hydrogen (secondary N) is 1. The maximum absolute atomic E-state index is 11.7. The van der Waals surface area contributed by atoms with E-state index in [2.05, 4.69) is 15.2 Å². The van der Waals surface area contributed by atoms with Crippen LogP contribution in [0.1, 0.15) is 40.7 Å². The number of carboxylic acid groups (broad SMARTS) is 2. The fourth-order valence-electron chi connectivity index (χ4n) is 3.10. The van der Waals surface area contributed by atoms with Crippen molar-refractivity contribution < 1.29 is 37.7 Å². The van der Waals surface area contributed by atoms with Crippen LogP contribution in [0, 0.1) is 0 Å². The normalized spacial score (nSPS) is 16.8. The molecular formula is C18H24F3N3O5. The van der Waals surface area contributed by atoms with E-state index in [1.54, 1.807) is 7.11 Å². The van der Waals surface area contributed by atoms with E-state index in [1.165, 1.54) is 6.42 Å². The maximum Gasteiger partial charge on any atom is 0.490 e. The van der Waals surface area contributed by atoms with Gasteiger partial charge in [0.15, 0.2) is 0 Å². The molecule has 162 valence electrons. The molecule has 3 N–H and O–H groups in total. The molecule has 3 rings (SSSR count). The molecule has 1 fully saturated rings. The number of aromatic carboxylic acids is 1. The third-order valence-electron chi connectivity index (χ3n) is 4.86. The number of halogens is 3. The summed E-state index contributed by atoms with van der Waals surface area (Å²) in [5.74, 6) is -3.09. The monoisotopic (exact) mass is 419 g/mol. The average Bonchev–Trinajstić information content (AvgIpc) is 2.61. The zero-order chi connectivity index (χ0) is 21.6. The van der Waals surface area contributed by atoms with Crippen LogP contribution in [0.2, 0.25) is 0 Å². The first-order valence-corrected chi connectivity index (χ1v) is 9.15. The van der Waals surface area contributed by atoms with Crippen LogP contribution in [-0.2, 0) is 22.5 Å². The van der Waals surface area contributed by atoms with Crippen LogP contribution in [0.25, 0.3) is 0 Å². The summed E-state index contributed by atoms with van der Waals surface area (Å²) in [6.45, 7) is 3.16. The number of alkyl halides is 3. The van der Waals surface area contributed by atoms with Gasteiger partial charge in [0.2, 0.25) is 0 Å². The van der Waals surface area contributed by atoms with Gasteiger partial charge >= 0.3 is 18.1 Å². The molecule has 2 heterocycles. The van der Waals surface area contributed by atoms with E-state index in [4.69, 9.17) is 14.6 Å². The Morgan fingerprint density at radius 2 is 2.00 bits per heavy atom. The molecule has 1 aliphatic heterocycles. The highest BCUT2D eigenvalue weighted by Gasteiger charge is 2.38. The highest BCUT2D eigenvalue weighted by molar-refractivity contribution is 5.95. The Balaban J connectivity index is 0.000000370. The number of ether oxygens (including phenoxy) is 1. The molecule has 0 atom stereocenters. The molecule has 0 amide bonds. The number of hydrogen-bond acceptors (Lipinski definition) is 6. The number of nitrogens with zero attached hydrogens (tertiary/aromatic N) is 2. The van der Waals surface area contributed by atoms with Crippen molar-refractivity contribution in [2.24, 2.45) is 0 Å². The second-order valence-corrected chi connectivity index (χ2v) is 6.88. The van der Waals surface area contributed by atoms with E-state index in [0.717, 1.165) is 50.0 Å². The summed E-state index contributed by atoms with van der Waals surface area (Å²) in [4.78, 5) is 27.3. The Labute approximate surface area is 165 Å². The molecule has 0 saturated heterocycles. The van der Waals surface area contributed by atoms with Gasteiger partial charge in [0.05, 0.1) is 6.61 Å². The lowest BCUT2D eigenvalue weighted by atomic mass is 9.92. The third kappa shape index (κ3) is 6.29. The van der Waals surface area contributed by atoms with Gasteiger partial charge in [-0.15, -0.1) is 0 Å². The quantitative estimate of drug-likeness (QED) is 0.645. The molecule has 0 radical (unpaired) electrons. The Bertz CT molecular complexity index is 738. The minimum absolute atomic E-state index is 0.371. The van der Waals surface area contributed by atoms with Crippen LogP contribution in [0.5, 0.6) is 0 Å². The van der Waals surface area contributed by atoms with Crippen molar-refractivity contribution in [2.75, 3.05) is 32.1 Å². The first-order chi connectivity index (χ1) is 13.6. The van der Waals surface area contributed by atoms with E-state index in [-0.39, 0.29) is 0 Å². The number of anilines is 1. The molecule has 11 heteroatoms. The topological polar surface area (TPSA) is 112 Å². The number of aromatic nitrogens is 1. The van der Waals surface area contributed by atoms with Crippen molar-refractivity contribution in [3.63, 3.8) is 0 Å².